The van der Waals surface area contributed by atoms with Crippen molar-refractivity contribution in [3.05, 3.63) is 53.6 Å². The van der Waals surface area contributed by atoms with Gasteiger partial charge in [-0.2, -0.15) is 0 Å². The van der Waals surface area contributed by atoms with E-state index in [4.69, 9.17) is 14.9 Å². The number of hydrogen-bond donors (Lipinski definition) is 1. The van der Waals surface area contributed by atoms with Crippen LogP contribution in [0.15, 0.2) is 46.9 Å². The fourth-order valence-electron chi connectivity index (χ4n) is 2.80. The van der Waals surface area contributed by atoms with Crippen LogP contribution in [-0.2, 0) is 11.2 Å². The molecule has 5 heteroatoms. The van der Waals surface area contributed by atoms with E-state index in [1.54, 1.807) is 18.2 Å². The maximum atomic E-state index is 12.2. The molecule has 1 aromatic heterocycles. The molecule has 0 aliphatic carbocycles. The van der Waals surface area contributed by atoms with Crippen LogP contribution in [0, 0.1) is 0 Å². The van der Waals surface area contributed by atoms with Crippen molar-refractivity contribution in [1.82, 2.24) is 4.98 Å². The van der Waals surface area contributed by atoms with Crippen LogP contribution in [0.1, 0.15) is 63.4 Å². The zero-order valence-corrected chi connectivity index (χ0v) is 18.1. The molecule has 1 heterocycles. The second kappa shape index (κ2) is 10.2. The van der Waals surface area contributed by atoms with Crippen LogP contribution < -0.4 is 5.73 Å². The Hall–Kier alpha value is -2.66. The van der Waals surface area contributed by atoms with Gasteiger partial charge in [0.1, 0.15) is 11.1 Å². The molecule has 0 atom stereocenters. The molecule has 0 fully saturated rings. The highest BCUT2D eigenvalue weighted by Crippen LogP contribution is 2.26. The van der Waals surface area contributed by atoms with E-state index in [1.807, 2.05) is 46.8 Å². The minimum absolute atomic E-state index is 0.365. The van der Waals surface area contributed by atoms with Gasteiger partial charge >= 0.3 is 5.97 Å². The Bertz CT molecular complexity index is 921. The minimum atomic E-state index is -0.535. The number of carbonyl (C=O) groups excluding carboxylic acids is 1. The fourth-order valence-corrected chi connectivity index (χ4v) is 2.80. The molecule has 29 heavy (non-hydrogen) atoms. The van der Waals surface area contributed by atoms with Gasteiger partial charge in [-0.15, -0.1) is 0 Å². The summed E-state index contributed by atoms with van der Waals surface area (Å²) in [4.78, 5) is 16.8. The zero-order chi connectivity index (χ0) is 21.4. The van der Waals surface area contributed by atoms with Crippen LogP contribution >= 0.6 is 0 Å². The van der Waals surface area contributed by atoms with E-state index in [9.17, 15) is 4.79 Å². The number of benzene rings is 2. The number of ether oxygens (including phenoxy) is 1. The van der Waals surface area contributed by atoms with E-state index in [0.29, 0.717) is 22.6 Å². The summed E-state index contributed by atoms with van der Waals surface area (Å²) in [7, 11) is 0. The molecule has 0 amide bonds. The van der Waals surface area contributed by atoms with E-state index in [-0.39, 0.29) is 5.97 Å². The van der Waals surface area contributed by atoms with E-state index in [2.05, 4.69) is 17.1 Å². The second-order valence-electron chi connectivity index (χ2n) is 7.65. The predicted molar refractivity (Wildman–Crippen MR) is 118 cm³/mol. The lowest BCUT2D eigenvalue weighted by atomic mass is 10.1. The van der Waals surface area contributed by atoms with Gasteiger partial charge < -0.3 is 14.9 Å². The van der Waals surface area contributed by atoms with Gasteiger partial charge in [-0.25, -0.2) is 9.78 Å². The maximum absolute atomic E-state index is 12.2. The summed E-state index contributed by atoms with van der Waals surface area (Å²) < 4.78 is 11.3. The van der Waals surface area contributed by atoms with Gasteiger partial charge in [0, 0.05) is 5.56 Å². The SMILES string of the molecule is CC.CC(C)(C)OC(=O)c1ccc2oc(-c3ccc(CCCCN)cc3)nc2c1. The number of unbranched alkanes of at least 4 members (excludes halogenated alkanes) is 1. The van der Waals surface area contributed by atoms with E-state index >= 15 is 0 Å². The predicted octanol–water partition coefficient (Wildman–Crippen LogP) is 5.76. The standard InChI is InChI=1S/C22H26N2O3.C2H6/c1-22(2,3)27-21(25)17-11-12-19-18(14-17)24-20(26-19)16-9-7-15(8-10-16)6-4-5-13-23;1-2/h7-12,14H,4-6,13,23H2,1-3H3;1-2H3. The highest BCUT2D eigenvalue weighted by Gasteiger charge is 2.19. The minimum Gasteiger partial charge on any atom is -0.456 e. The van der Waals surface area contributed by atoms with Gasteiger partial charge in [-0.3, -0.25) is 0 Å². The first-order chi connectivity index (χ1) is 13.9. The van der Waals surface area contributed by atoms with E-state index in [0.717, 1.165) is 31.4 Å². The molecule has 0 spiro atoms. The fraction of sp³-hybridized carbons (Fsp3) is 0.417. The third-order valence-corrected chi connectivity index (χ3v) is 4.14. The molecule has 5 nitrogen and oxygen atoms in total. The zero-order valence-electron chi connectivity index (χ0n) is 18.1. The normalized spacial score (nSPS) is 11.1. The quantitative estimate of drug-likeness (QED) is 0.423. The Morgan fingerprint density at radius 2 is 1.76 bits per heavy atom. The lowest BCUT2D eigenvalue weighted by molar-refractivity contribution is 0.00697. The molecule has 156 valence electrons. The van der Waals surface area contributed by atoms with Crippen LogP contribution in [0.25, 0.3) is 22.6 Å². The number of carbonyl (C=O) groups is 1. The third kappa shape index (κ3) is 6.43. The number of oxazole rings is 1. The lowest BCUT2D eigenvalue weighted by Gasteiger charge is -2.19. The smallest absolute Gasteiger partial charge is 0.338 e. The van der Waals surface area contributed by atoms with Crippen LogP contribution in [0.3, 0.4) is 0 Å². The largest absolute Gasteiger partial charge is 0.456 e. The Balaban J connectivity index is 0.00000145. The van der Waals surface area contributed by atoms with E-state index in [1.165, 1.54) is 5.56 Å². The first-order valence-corrected chi connectivity index (χ1v) is 10.3. The molecule has 2 aromatic carbocycles. The molecule has 2 N–H and O–H groups in total. The number of nitrogens with two attached hydrogens (primary N) is 1. The third-order valence-electron chi connectivity index (χ3n) is 4.14. The summed E-state index contributed by atoms with van der Waals surface area (Å²) >= 11 is 0. The molecule has 0 aliphatic rings. The first kappa shape index (κ1) is 22.6. The topological polar surface area (TPSA) is 78.3 Å². The van der Waals surface area contributed by atoms with Gasteiger partial charge in [0.25, 0.3) is 0 Å². The van der Waals surface area contributed by atoms with Gasteiger partial charge in [-0.1, -0.05) is 26.0 Å². The number of esters is 1. The number of nitrogens with zero attached hydrogens (tertiary/aromatic N) is 1. The Morgan fingerprint density at radius 3 is 2.38 bits per heavy atom. The summed E-state index contributed by atoms with van der Waals surface area (Å²) in [5.41, 5.74) is 8.94. The molecular weight excluding hydrogens is 364 g/mol. The number of hydrogen-bond acceptors (Lipinski definition) is 5. The van der Waals surface area contributed by atoms with Crippen molar-refractivity contribution in [2.75, 3.05) is 6.54 Å². The molecular formula is C24H32N2O3. The van der Waals surface area contributed by atoms with Crippen molar-refractivity contribution in [3.63, 3.8) is 0 Å². The molecule has 0 saturated heterocycles. The molecule has 0 aliphatic heterocycles. The van der Waals surface area contributed by atoms with Gasteiger partial charge in [0.15, 0.2) is 5.58 Å². The van der Waals surface area contributed by atoms with Gasteiger partial charge in [-0.05, 0) is 82.5 Å². The molecule has 3 aromatic rings. The summed E-state index contributed by atoms with van der Waals surface area (Å²) in [6.07, 6.45) is 3.14. The highest BCUT2D eigenvalue weighted by molar-refractivity contribution is 5.93. The average molecular weight is 397 g/mol. The molecule has 0 bridgehead atoms. The molecule has 0 saturated carbocycles. The number of aryl methyl sites for hydroxylation is 1. The Kier molecular flexibility index (Phi) is 7.97. The van der Waals surface area contributed by atoms with Crippen LogP contribution in [0.4, 0.5) is 0 Å². The van der Waals surface area contributed by atoms with Crippen LogP contribution in [-0.4, -0.2) is 23.1 Å². The average Bonchev–Trinajstić information content (AvgIpc) is 3.12. The molecule has 0 radical (unpaired) electrons. The second-order valence-corrected chi connectivity index (χ2v) is 7.65. The summed E-state index contributed by atoms with van der Waals surface area (Å²) in [5.74, 6) is 0.177. The molecule has 3 rings (SSSR count). The van der Waals surface area contributed by atoms with Crippen LogP contribution in [0.5, 0.6) is 0 Å². The number of rotatable bonds is 6. The van der Waals surface area contributed by atoms with Crippen molar-refractivity contribution in [2.24, 2.45) is 5.73 Å². The van der Waals surface area contributed by atoms with Crippen molar-refractivity contribution >= 4 is 17.1 Å². The molecule has 0 unspecified atom stereocenters. The van der Waals surface area contributed by atoms with Gasteiger partial charge in [0.05, 0.1) is 5.56 Å². The summed E-state index contributed by atoms with van der Waals surface area (Å²) in [5, 5.41) is 0. The Morgan fingerprint density at radius 1 is 1.07 bits per heavy atom. The van der Waals surface area contributed by atoms with Crippen LogP contribution in [0.2, 0.25) is 0 Å². The maximum Gasteiger partial charge on any atom is 0.338 e. The highest BCUT2D eigenvalue weighted by atomic mass is 16.6. The van der Waals surface area contributed by atoms with Crippen molar-refractivity contribution in [1.29, 1.82) is 0 Å². The van der Waals surface area contributed by atoms with Crippen molar-refractivity contribution < 1.29 is 13.9 Å². The lowest BCUT2D eigenvalue weighted by Crippen LogP contribution is -2.23. The number of aromatic nitrogens is 1. The van der Waals surface area contributed by atoms with E-state index < -0.39 is 5.60 Å². The Labute approximate surface area is 173 Å². The summed E-state index contributed by atoms with van der Waals surface area (Å²) in [6, 6.07) is 13.4. The van der Waals surface area contributed by atoms with Gasteiger partial charge in [0.2, 0.25) is 5.89 Å². The number of fused-ring (bicyclic) bond motifs is 1. The monoisotopic (exact) mass is 396 g/mol. The first-order valence-electron chi connectivity index (χ1n) is 10.3. The van der Waals surface area contributed by atoms with Crippen molar-refractivity contribution in [3.8, 4) is 11.5 Å². The van der Waals surface area contributed by atoms with Crippen molar-refractivity contribution in [2.45, 2.75) is 59.5 Å². The summed E-state index contributed by atoms with van der Waals surface area (Å²) in [6.45, 7) is 10.3.